The number of benzene rings is 3. The number of nitrogens with zero attached hydrogens (tertiary/aromatic N) is 3. The lowest BCUT2D eigenvalue weighted by atomic mass is 10.1. The Morgan fingerprint density at radius 1 is 0.838 bits per heavy atom. The lowest BCUT2D eigenvalue weighted by molar-refractivity contribution is -0.122. The molecule has 0 aliphatic carbocycles. The van der Waals surface area contributed by atoms with Gasteiger partial charge in [-0.1, -0.05) is 81.1 Å². The first kappa shape index (κ1) is 25.0. The van der Waals surface area contributed by atoms with Crippen molar-refractivity contribution in [1.29, 1.82) is 0 Å². The van der Waals surface area contributed by atoms with Gasteiger partial charge in [0.2, 0.25) is 5.88 Å². The van der Waals surface area contributed by atoms with Crippen LogP contribution in [-0.4, -0.2) is 29.0 Å². The molecule has 6 heteroatoms. The Kier molecular flexibility index (Phi) is 7.56. The molecule has 37 heavy (non-hydrogen) atoms. The van der Waals surface area contributed by atoms with Crippen LogP contribution >= 0.6 is 12.2 Å². The van der Waals surface area contributed by atoms with E-state index in [9.17, 15) is 4.79 Å². The van der Waals surface area contributed by atoms with Gasteiger partial charge in [-0.25, -0.2) is 0 Å². The molecule has 2 heterocycles. The van der Waals surface area contributed by atoms with E-state index >= 15 is 0 Å². The van der Waals surface area contributed by atoms with E-state index in [1.807, 2.05) is 59.5 Å². The molecule has 3 aromatic rings. The van der Waals surface area contributed by atoms with Gasteiger partial charge in [-0.2, -0.15) is 0 Å². The van der Waals surface area contributed by atoms with E-state index in [1.54, 1.807) is 4.90 Å². The first-order valence-electron chi connectivity index (χ1n) is 13.2. The molecule has 0 unspecified atom stereocenters. The number of fused-ring (bicyclic) bond motifs is 3. The highest BCUT2D eigenvalue weighted by molar-refractivity contribution is 7.80. The highest BCUT2D eigenvalue weighted by Gasteiger charge is 2.38. The third-order valence-electron chi connectivity index (χ3n) is 6.95. The van der Waals surface area contributed by atoms with Crippen LogP contribution in [0.1, 0.15) is 46.0 Å². The topological polar surface area (TPSA) is 36.0 Å². The van der Waals surface area contributed by atoms with E-state index in [1.165, 1.54) is 19.3 Å². The van der Waals surface area contributed by atoms with E-state index in [2.05, 4.69) is 43.0 Å². The molecule has 0 spiro atoms. The Hall–Kier alpha value is -3.64. The second kappa shape index (κ2) is 11.2. The Morgan fingerprint density at radius 3 is 2.38 bits per heavy atom. The van der Waals surface area contributed by atoms with E-state index in [-0.39, 0.29) is 5.91 Å². The molecule has 5 rings (SSSR count). The van der Waals surface area contributed by atoms with Crippen molar-refractivity contribution in [2.75, 3.05) is 22.9 Å². The lowest BCUT2D eigenvalue weighted by Crippen LogP contribution is -2.33. The fourth-order valence-corrected chi connectivity index (χ4v) is 5.40. The summed E-state index contributed by atoms with van der Waals surface area (Å²) >= 11 is 5.83. The number of anilines is 2. The van der Waals surface area contributed by atoms with Crippen molar-refractivity contribution in [1.82, 2.24) is 4.90 Å². The predicted molar refractivity (Wildman–Crippen MR) is 156 cm³/mol. The van der Waals surface area contributed by atoms with Crippen LogP contribution in [0.15, 0.2) is 90.5 Å². The summed E-state index contributed by atoms with van der Waals surface area (Å²) in [4.78, 5) is 19.4. The first-order chi connectivity index (χ1) is 18.1. The molecule has 2 aliphatic rings. The van der Waals surface area contributed by atoms with Crippen LogP contribution in [0.25, 0.3) is 10.8 Å². The number of hydrogen-bond donors (Lipinski definition) is 0. The summed E-state index contributed by atoms with van der Waals surface area (Å²) in [5.41, 5.74) is 2.46. The number of unbranched alkanes of at least 4 members (excludes halogenated alkanes) is 4. The average Bonchev–Trinajstić information content (AvgIpc) is 3.41. The molecular weight excluding hydrogens is 478 g/mol. The van der Waals surface area contributed by atoms with Gasteiger partial charge in [0.15, 0.2) is 10.9 Å². The fourth-order valence-electron chi connectivity index (χ4n) is 5.02. The largest absolute Gasteiger partial charge is 0.438 e. The van der Waals surface area contributed by atoms with Crippen LogP contribution in [0.5, 0.6) is 5.75 Å². The summed E-state index contributed by atoms with van der Waals surface area (Å²) in [6.07, 6.45) is 9.39. The summed E-state index contributed by atoms with van der Waals surface area (Å²) in [5.74, 6) is 1.49. The monoisotopic (exact) mass is 511 g/mol. The Bertz CT molecular complexity index is 1370. The highest BCUT2D eigenvalue weighted by atomic mass is 32.1. The molecule has 1 fully saturated rings. The molecule has 1 saturated heterocycles. The molecule has 5 nitrogen and oxygen atoms in total. The number of carbonyl (C=O) groups excluding carboxylic acids is 1. The van der Waals surface area contributed by atoms with Crippen molar-refractivity contribution in [3.63, 3.8) is 0 Å². The maximum absolute atomic E-state index is 13.6. The summed E-state index contributed by atoms with van der Waals surface area (Å²) in [5, 5.41) is 2.75. The Balaban J connectivity index is 1.47. The molecule has 1 amide bonds. The highest BCUT2D eigenvalue weighted by Crippen LogP contribution is 2.44. The molecular formula is C31H33N3O2S. The molecule has 0 bridgehead atoms. The van der Waals surface area contributed by atoms with Crippen LogP contribution in [0.3, 0.4) is 0 Å². The van der Waals surface area contributed by atoms with Crippen molar-refractivity contribution < 1.29 is 9.53 Å². The zero-order chi connectivity index (χ0) is 25.8. The summed E-state index contributed by atoms with van der Waals surface area (Å²) in [7, 11) is 0. The second-order valence-electron chi connectivity index (χ2n) is 9.36. The number of para-hydroxylation sites is 1. The summed E-state index contributed by atoms with van der Waals surface area (Å²) < 4.78 is 6.38. The Labute approximate surface area is 224 Å². The van der Waals surface area contributed by atoms with Crippen LogP contribution in [0.2, 0.25) is 0 Å². The molecule has 3 aromatic carbocycles. The first-order valence-corrected chi connectivity index (χ1v) is 13.6. The quantitative estimate of drug-likeness (QED) is 0.170. The van der Waals surface area contributed by atoms with Crippen molar-refractivity contribution in [3.05, 3.63) is 90.5 Å². The third kappa shape index (κ3) is 4.86. The molecule has 0 saturated carbocycles. The maximum atomic E-state index is 13.6. The van der Waals surface area contributed by atoms with Crippen molar-refractivity contribution in [2.24, 2.45) is 0 Å². The second-order valence-corrected chi connectivity index (χ2v) is 9.73. The van der Waals surface area contributed by atoms with E-state index in [0.717, 1.165) is 47.3 Å². The van der Waals surface area contributed by atoms with Crippen LogP contribution < -0.4 is 14.5 Å². The third-order valence-corrected chi connectivity index (χ3v) is 7.35. The zero-order valence-corrected chi connectivity index (χ0v) is 22.3. The Morgan fingerprint density at radius 2 is 1.59 bits per heavy atom. The van der Waals surface area contributed by atoms with Gasteiger partial charge in [0, 0.05) is 30.2 Å². The number of thiocarbonyl (C=S) groups is 1. The minimum Gasteiger partial charge on any atom is -0.438 e. The van der Waals surface area contributed by atoms with Crippen LogP contribution in [0, 0.1) is 0 Å². The number of hydrogen-bond acceptors (Lipinski definition) is 4. The smallest absolute Gasteiger partial charge is 0.277 e. The van der Waals surface area contributed by atoms with Gasteiger partial charge in [0.25, 0.3) is 5.91 Å². The summed E-state index contributed by atoms with van der Waals surface area (Å²) in [6.45, 7) is 5.69. The standard InChI is InChI=1S/C31H33N3O2S/c1-3-5-6-7-13-22-33-30(35)27(34(31(33)37)24-15-9-8-10-16-24)20-21-28-32(4-2)26-19-18-23-14-11-12-17-25(23)29(26)36-28/h8-12,14-21H,3-7,13,22H2,1-2H3/b27-20-,28-21+. The molecule has 190 valence electrons. The lowest BCUT2D eigenvalue weighted by Gasteiger charge is -2.20. The van der Waals surface area contributed by atoms with Gasteiger partial charge in [0.1, 0.15) is 5.70 Å². The molecule has 0 radical (unpaired) electrons. The van der Waals surface area contributed by atoms with E-state index in [0.29, 0.717) is 23.2 Å². The molecule has 0 atom stereocenters. The minimum atomic E-state index is -0.0646. The SMILES string of the molecule is CCCCCCCN1C(=O)/C(=C/C=C2/Oc3c(ccc4ccccc34)N2CC)N(c2ccccc2)C1=S. The number of rotatable bonds is 9. The van der Waals surface area contributed by atoms with Gasteiger partial charge in [-0.3, -0.25) is 14.6 Å². The maximum Gasteiger partial charge on any atom is 0.277 e. The normalized spacial score (nSPS) is 17.4. The molecule has 2 aliphatic heterocycles. The minimum absolute atomic E-state index is 0.0646. The van der Waals surface area contributed by atoms with Crippen LogP contribution in [0.4, 0.5) is 11.4 Å². The predicted octanol–water partition coefficient (Wildman–Crippen LogP) is 7.39. The van der Waals surface area contributed by atoms with Crippen molar-refractivity contribution >= 4 is 45.4 Å². The van der Waals surface area contributed by atoms with Crippen molar-refractivity contribution in [3.8, 4) is 5.75 Å². The van der Waals surface area contributed by atoms with Gasteiger partial charge >= 0.3 is 0 Å². The van der Waals surface area contributed by atoms with Gasteiger partial charge in [-0.05, 0) is 55.2 Å². The number of carbonyl (C=O) groups is 1. The number of ether oxygens (including phenoxy) is 1. The molecule has 0 N–H and O–H groups in total. The van der Waals surface area contributed by atoms with E-state index < -0.39 is 0 Å². The van der Waals surface area contributed by atoms with E-state index in [4.69, 9.17) is 17.0 Å². The molecule has 0 aromatic heterocycles. The van der Waals surface area contributed by atoms with Gasteiger partial charge in [-0.15, -0.1) is 0 Å². The zero-order valence-electron chi connectivity index (χ0n) is 21.5. The fraction of sp³-hybridized carbons (Fsp3) is 0.290. The van der Waals surface area contributed by atoms with Crippen molar-refractivity contribution in [2.45, 2.75) is 46.0 Å². The number of amides is 1. The number of allylic oxidation sites excluding steroid dienone is 2. The van der Waals surface area contributed by atoms with Gasteiger partial charge < -0.3 is 9.64 Å². The summed E-state index contributed by atoms with van der Waals surface area (Å²) in [6, 6.07) is 22.3. The van der Waals surface area contributed by atoms with Crippen LogP contribution in [-0.2, 0) is 4.79 Å². The average molecular weight is 512 g/mol. The van der Waals surface area contributed by atoms with Gasteiger partial charge in [0.05, 0.1) is 5.69 Å².